The first-order valence-corrected chi connectivity index (χ1v) is 7.71. The number of ether oxygens (including phenoxy) is 1. The van der Waals surface area contributed by atoms with Gasteiger partial charge in [-0.25, -0.2) is 4.39 Å². The number of benzene rings is 2. The van der Waals surface area contributed by atoms with E-state index in [1.807, 2.05) is 0 Å². The van der Waals surface area contributed by atoms with Crippen LogP contribution in [0.25, 0.3) is 0 Å². The average molecular weight is 380 g/mol. The van der Waals surface area contributed by atoms with E-state index in [9.17, 15) is 14.0 Å². The molecule has 2 aromatic carbocycles. The van der Waals surface area contributed by atoms with E-state index in [1.165, 1.54) is 37.4 Å². The van der Waals surface area contributed by atoms with E-state index < -0.39 is 24.2 Å². The number of carbonyl (C=O) groups is 2. The van der Waals surface area contributed by atoms with E-state index in [-0.39, 0.29) is 0 Å². The number of halogens is 2. The van der Waals surface area contributed by atoms with Gasteiger partial charge in [-0.1, -0.05) is 16.8 Å². The normalized spacial score (nSPS) is 10.4. The lowest BCUT2D eigenvalue weighted by Crippen LogP contribution is -2.18. The first-order chi connectivity index (χ1) is 12.5. The predicted molar refractivity (Wildman–Crippen MR) is 96.1 cm³/mol. The number of rotatable bonds is 7. The Morgan fingerprint density at radius 1 is 1.19 bits per heavy atom. The Hall–Kier alpha value is -3.13. The lowest BCUT2D eigenvalue weighted by atomic mass is 10.3. The molecular formula is C17H15ClFN3O4. The molecule has 2 rings (SSSR count). The van der Waals surface area contributed by atoms with Gasteiger partial charge in [0.05, 0.1) is 12.8 Å². The molecule has 9 heteroatoms. The topological polar surface area (TPSA) is 89.0 Å². The van der Waals surface area contributed by atoms with Crippen LogP contribution < -0.4 is 15.4 Å². The van der Waals surface area contributed by atoms with Crippen LogP contribution in [0.15, 0.2) is 47.6 Å². The van der Waals surface area contributed by atoms with Crippen LogP contribution in [0.3, 0.4) is 0 Å². The SMILES string of the molecule is COc1ccc(Cl)cc1NC(=O)/C=N\OCC(=O)Nc1ccc(F)cc1. The molecule has 0 heterocycles. The van der Waals surface area contributed by atoms with Crippen molar-refractivity contribution in [2.45, 2.75) is 0 Å². The zero-order valence-corrected chi connectivity index (χ0v) is 14.4. The fourth-order valence-electron chi connectivity index (χ4n) is 1.85. The molecule has 0 unspecified atom stereocenters. The van der Waals surface area contributed by atoms with Gasteiger partial charge in [-0.15, -0.1) is 0 Å². The Bertz CT molecular complexity index is 812. The number of carbonyl (C=O) groups excluding carboxylic acids is 2. The predicted octanol–water partition coefficient (Wildman–Crippen LogP) is 3.07. The molecule has 2 aromatic rings. The van der Waals surface area contributed by atoms with E-state index in [0.717, 1.165) is 6.21 Å². The first-order valence-electron chi connectivity index (χ1n) is 7.33. The van der Waals surface area contributed by atoms with Crippen LogP contribution in [0.5, 0.6) is 5.75 Å². The summed E-state index contributed by atoms with van der Waals surface area (Å²) in [4.78, 5) is 28.1. The van der Waals surface area contributed by atoms with Crippen LogP contribution >= 0.6 is 11.6 Å². The highest BCUT2D eigenvalue weighted by Gasteiger charge is 2.07. The quantitative estimate of drug-likeness (QED) is 0.571. The fourth-order valence-corrected chi connectivity index (χ4v) is 2.03. The number of methoxy groups -OCH3 is 1. The maximum atomic E-state index is 12.8. The average Bonchev–Trinajstić information content (AvgIpc) is 2.61. The van der Waals surface area contributed by atoms with E-state index in [0.29, 0.717) is 22.1 Å². The summed E-state index contributed by atoms with van der Waals surface area (Å²) in [6.07, 6.45) is 0.867. The van der Waals surface area contributed by atoms with Crippen LogP contribution in [0.4, 0.5) is 15.8 Å². The summed E-state index contributed by atoms with van der Waals surface area (Å²) in [7, 11) is 1.45. The third-order valence-corrected chi connectivity index (χ3v) is 3.22. The highest BCUT2D eigenvalue weighted by atomic mass is 35.5. The molecule has 136 valence electrons. The minimum absolute atomic E-state index is 0.366. The Balaban J connectivity index is 1.79. The molecule has 0 radical (unpaired) electrons. The number of hydrogen-bond acceptors (Lipinski definition) is 5. The second kappa shape index (κ2) is 9.38. The molecule has 7 nitrogen and oxygen atoms in total. The fraction of sp³-hybridized carbons (Fsp3) is 0.118. The molecule has 0 saturated carbocycles. The Morgan fingerprint density at radius 3 is 2.62 bits per heavy atom. The third-order valence-electron chi connectivity index (χ3n) is 2.99. The number of nitrogens with zero attached hydrogens (tertiary/aromatic N) is 1. The lowest BCUT2D eigenvalue weighted by molar-refractivity contribution is -0.120. The maximum Gasteiger partial charge on any atom is 0.270 e. The summed E-state index contributed by atoms with van der Waals surface area (Å²) >= 11 is 5.86. The van der Waals surface area contributed by atoms with E-state index >= 15 is 0 Å². The first kappa shape index (κ1) is 19.2. The zero-order valence-electron chi connectivity index (χ0n) is 13.7. The van der Waals surface area contributed by atoms with Crippen molar-refractivity contribution in [3.8, 4) is 5.75 Å². The number of amides is 2. The minimum atomic E-state index is -0.593. The standard InChI is InChI=1S/C17H15ClFN3O4/c1-25-15-7-2-11(18)8-14(15)22-16(23)9-20-26-10-17(24)21-13-5-3-12(19)4-6-13/h2-9H,10H2,1H3,(H,21,24)(H,22,23)/b20-9-. The van der Waals surface area contributed by atoms with Gasteiger partial charge in [0, 0.05) is 10.7 Å². The molecule has 0 spiro atoms. The van der Waals surface area contributed by atoms with Crippen molar-refractivity contribution < 1.29 is 23.6 Å². The molecule has 2 amide bonds. The largest absolute Gasteiger partial charge is 0.495 e. The van der Waals surface area contributed by atoms with Crippen molar-refractivity contribution in [1.29, 1.82) is 0 Å². The van der Waals surface area contributed by atoms with Gasteiger partial charge in [-0.3, -0.25) is 9.59 Å². The van der Waals surface area contributed by atoms with Crippen LogP contribution in [0.1, 0.15) is 0 Å². The molecule has 2 N–H and O–H groups in total. The van der Waals surface area contributed by atoms with Crippen LogP contribution in [0, 0.1) is 5.82 Å². The van der Waals surface area contributed by atoms with E-state index in [4.69, 9.17) is 21.2 Å². The molecule has 0 aliphatic rings. The van der Waals surface area contributed by atoms with E-state index in [2.05, 4.69) is 15.8 Å². The van der Waals surface area contributed by atoms with Crippen molar-refractivity contribution in [1.82, 2.24) is 0 Å². The van der Waals surface area contributed by atoms with Gasteiger partial charge in [0.25, 0.3) is 11.8 Å². The van der Waals surface area contributed by atoms with Crippen LogP contribution in [-0.2, 0) is 14.4 Å². The molecule has 0 aliphatic heterocycles. The summed E-state index contributed by atoms with van der Waals surface area (Å²) in [6.45, 7) is -0.415. The van der Waals surface area contributed by atoms with Crippen molar-refractivity contribution >= 4 is 41.0 Å². The van der Waals surface area contributed by atoms with Crippen LogP contribution in [0.2, 0.25) is 5.02 Å². The summed E-state index contributed by atoms with van der Waals surface area (Å²) < 4.78 is 17.9. The number of oxime groups is 1. The van der Waals surface area contributed by atoms with Crippen molar-refractivity contribution in [3.63, 3.8) is 0 Å². The summed E-state index contributed by atoms with van der Waals surface area (Å²) in [5.74, 6) is -1.09. The van der Waals surface area contributed by atoms with Gasteiger partial charge < -0.3 is 20.2 Å². The monoisotopic (exact) mass is 379 g/mol. The van der Waals surface area contributed by atoms with Gasteiger partial charge in [0.1, 0.15) is 17.8 Å². The summed E-state index contributed by atoms with van der Waals surface area (Å²) in [5, 5.41) is 8.84. The second-order valence-electron chi connectivity index (χ2n) is 4.90. The second-order valence-corrected chi connectivity index (χ2v) is 5.33. The summed E-state index contributed by atoms with van der Waals surface area (Å²) in [5.41, 5.74) is 0.778. The van der Waals surface area contributed by atoms with Gasteiger partial charge in [0.15, 0.2) is 6.61 Å². The van der Waals surface area contributed by atoms with Crippen molar-refractivity contribution in [2.24, 2.45) is 5.16 Å². The highest BCUT2D eigenvalue weighted by Crippen LogP contribution is 2.27. The Morgan fingerprint density at radius 2 is 1.92 bits per heavy atom. The number of anilines is 2. The molecule has 26 heavy (non-hydrogen) atoms. The van der Waals surface area contributed by atoms with Gasteiger partial charge in [-0.2, -0.15) is 0 Å². The Labute approximate surface area is 153 Å². The molecule has 0 saturated heterocycles. The summed E-state index contributed by atoms with van der Waals surface area (Å²) in [6, 6.07) is 9.97. The minimum Gasteiger partial charge on any atom is -0.495 e. The maximum absolute atomic E-state index is 12.8. The lowest BCUT2D eigenvalue weighted by Gasteiger charge is -2.08. The molecule has 0 fully saturated rings. The number of nitrogens with one attached hydrogen (secondary N) is 2. The van der Waals surface area contributed by atoms with Gasteiger partial charge in [0.2, 0.25) is 0 Å². The van der Waals surface area contributed by atoms with Crippen molar-refractivity contribution in [3.05, 3.63) is 53.3 Å². The molecule has 0 aliphatic carbocycles. The Kier molecular flexibility index (Phi) is 6.92. The molecular weight excluding hydrogens is 365 g/mol. The van der Waals surface area contributed by atoms with Crippen LogP contribution in [-0.4, -0.2) is 31.7 Å². The molecule has 0 atom stereocenters. The van der Waals surface area contributed by atoms with E-state index in [1.54, 1.807) is 12.1 Å². The number of hydrogen-bond donors (Lipinski definition) is 2. The zero-order chi connectivity index (χ0) is 18.9. The smallest absolute Gasteiger partial charge is 0.270 e. The molecule has 0 bridgehead atoms. The van der Waals surface area contributed by atoms with Gasteiger partial charge >= 0.3 is 0 Å². The highest BCUT2D eigenvalue weighted by molar-refractivity contribution is 6.33. The van der Waals surface area contributed by atoms with Gasteiger partial charge in [-0.05, 0) is 42.5 Å². The third kappa shape index (κ3) is 6.06. The molecule has 0 aromatic heterocycles. The van der Waals surface area contributed by atoms with Crippen molar-refractivity contribution in [2.75, 3.05) is 24.4 Å².